The van der Waals surface area contributed by atoms with Crippen LogP contribution in [-0.2, 0) is 15.4 Å². The number of alkyl halides is 3. The lowest BCUT2D eigenvalue weighted by atomic mass is 10.0. The molecule has 2 aliphatic rings. The molecule has 0 saturated carbocycles. The van der Waals surface area contributed by atoms with Gasteiger partial charge in [0.15, 0.2) is 0 Å². The molecule has 0 spiro atoms. The van der Waals surface area contributed by atoms with Crippen LogP contribution in [0, 0.1) is 0 Å². The first kappa shape index (κ1) is 13.3. The molecule has 1 heterocycles. The van der Waals surface area contributed by atoms with Gasteiger partial charge in [0.2, 0.25) is 11.8 Å². The van der Waals surface area contributed by atoms with E-state index in [0.29, 0.717) is 22.3 Å². The van der Waals surface area contributed by atoms with Gasteiger partial charge in [0.05, 0.1) is 0 Å². The monoisotopic (exact) mass is 311 g/mol. The molecule has 3 unspecified atom stereocenters. The van der Waals surface area contributed by atoms with Crippen LogP contribution < -0.4 is 4.99 Å². The van der Waals surface area contributed by atoms with E-state index in [1.807, 2.05) is 12.2 Å². The van der Waals surface area contributed by atoms with E-state index in [0.717, 1.165) is 0 Å². The summed E-state index contributed by atoms with van der Waals surface area (Å²) in [5.74, 6) is -1.38. The summed E-state index contributed by atoms with van der Waals surface area (Å²) in [7, 11) is 0. The Hall–Kier alpha value is -1.68. The highest BCUT2D eigenvalue weighted by Gasteiger charge is 2.43. The maximum absolute atomic E-state index is 12.0. The Kier molecular flexibility index (Phi) is 2.77. The predicted molar refractivity (Wildman–Crippen MR) is 58.9 cm³/mol. The van der Waals surface area contributed by atoms with Gasteiger partial charge in [-0.2, -0.15) is 13.2 Å². The predicted octanol–water partition coefficient (Wildman–Crippen LogP) is 1.58. The molecular formula is C10H8F3NO5S. The van der Waals surface area contributed by atoms with E-state index >= 15 is 0 Å². The lowest BCUT2D eigenvalue weighted by Crippen LogP contribution is -2.23. The third-order valence-electron chi connectivity index (χ3n) is 3.34. The Morgan fingerprint density at radius 1 is 1.20 bits per heavy atom. The van der Waals surface area contributed by atoms with Gasteiger partial charge in [0, 0.05) is 23.0 Å². The van der Waals surface area contributed by atoms with Crippen molar-refractivity contribution in [3.05, 3.63) is 23.3 Å². The minimum absolute atomic E-state index is 0.126. The van der Waals surface area contributed by atoms with Crippen molar-refractivity contribution in [2.45, 2.75) is 23.8 Å². The summed E-state index contributed by atoms with van der Waals surface area (Å²) in [5, 5.41) is 19.7. The van der Waals surface area contributed by atoms with Gasteiger partial charge < -0.3 is 10.2 Å². The van der Waals surface area contributed by atoms with Crippen LogP contribution in [0.5, 0.6) is 11.8 Å². The Morgan fingerprint density at radius 2 is 1.70 bits per heavy atom. The van der Waals surface area contributed by atoms with Crippen LogP contribution >= 0.6 is 0 Å². The van der Waals surface area contributed by atoms with Crippen molar-refractivity contribution in [3.8, 4) is 11.8 Å². The first-order chi connectivity index (χ1) is 9.30. The minimum atomic E-state index is -5.12. The van der Waals surface area contributed by atoms with E-state index in [2.05, 4.69) is 9.32 Å². The molecule has 1 aromatic rings. The maximum Gasteiger partial charge on any atom is 0.500 e. The van der Waals surface area contributed by atoms with E-state index in [4.69, 9.17) is 0 Å². The highest BCUT2D eigenvalue weighted by Crippen LogP contribution is 2.56. The highest BCUT2D eigenvalue weighted by molar-refractivity contribution is 7.81. The lowest BCUT2D eigenvalue weighted by molar-refractivity contribution is -0.216. The van der Waals surface area contributed by atoms with Crippen LogP contribution in [0.25, 0.3) is 0 Å². The van der Waals surface area contributed by atoms with Gasteiger partial charge >= 0.3 is 16.6 Å². The second-order valence-electron chi connectivity index (χ2n) is 4.43. The van der Waals surface area contributed by atoms with Crippen molar-refractivity contribution in [1.82, 2.24) is 4.73 Å². The van der Waals surface area contributed by atoms with E-state index < -0.39 is 28.3 Å². The Bertz CT molecular complexity index is 588. The number of hydrogen-bond donors (Lipinski definition) is 2. The standard InChI is InChI=1S/C10H8F3NO5S/c11-10(12,13)20(17)19-18-14-8(15)6-4-1-2-5(3-4)7(6)9(14)16/h1-2,4-5,15-16H,3H2. The summed E-state index contributed by atoms with van der Waals surface area (Å²) in [6.07, 6.45) is 4.33. The molecule has 10 heteroatoms. The molecule has 0 aromatic carbocycles. The largest absolute Gasteiger partial charge is 0.500 e. The van der Waals surface area contributed by atoms with Crippen molar-refractivity contribution in [2.24, 2.45) is 0 Å². The van der Waals surface area contributed by atoms with Gasteiger partial charge in [-0.15, -0.1) is 0 Å². The fourth-order valence-electron chi connectivity index (χ4n) is 2.59. The molecule has 0 aliphatic heterocycles. The number of aromatic hydroxyl groups is 2. The number of fused-ring (bicyclic) bond motifs is 5. The molecule has 3 atom stereocenters. The molecule has 6 nitrogen and oxygen atoms in total. The molecule has 0 saturated heterocycles. The summed E-state index contributed by atoms with van der Waals surface area (Å²) in [6.45, 7) is 0. The van der Waals surface area contributed by atoms with Crippen molar-refractivity contribution in [3.63, 3.8) is 0 Å². The van der Waals surface area contributed by atoms with E-state index in [-0.39, 0.29) is 11.8 Å². The first-order valence-corrected chi connectivity index (χ1v) is 6.57. The third-order valence-corrected chi connectivity index (χ3v) is 3.90. The second-order valence-corrected chi connectivity index (χ2v) is 5.49. The van der Waals surface area contributed by atoms with Crippen molar-refractivity contribution in [1.29, 1.82) is 0 Å². The molecular weight excluding hydrogens is 303 g/mol. The van der Waals surface area contributed by atoms with Gasteiger partial charge in [-0.1, -0.05) is 21.2 Å². The van der Waals surface area contributed by atoms with Crippen LogP contribution in [0.1, 0.15) is 29.4 Å². The number of halogens is 3. The van der Waals surface area contributed by atoms with E-state index in [1.165, 1.54) is 0 Å². The molecule has 20 heavy (non-hydrogen) atoms. The quantitative estimate of drug-likeness (QED) is 0.503. The van der Waals surface area contributed by atoms with Crippen molar-refractivity contribution in [2.75, 3.05) is 0 Å². The molecule has 2 aliphatic carbocycles. The Labute approximate surface area is 112 Å². The van der Waals surface area contributed by atoms with Crippen LogP contribution in [0.2, 0.25) is 0 Å². The number of hydrogen-bond acceptors (Lipinski definition) is 5. The summed E-state index contributed by atoms with van der Waals surface area (Å²) in [5.41, 5.74) is -4.35. The molecule has 0 fully saturated rings. The maximum atomic E-state index is 12.0. The van der Waals surface area contributed by atoms with Crippen molar-refractivity contribution < 1.29 is 36.9 Å². The summed E-state index contributed by atoms with van der Waals surface area (Å²) in [6, 6.07) is 0. The van der Waals surface area contributed by atoms with E-state index in [9.17, 15) is 27.6 Å². The van der Waals surface area contributed by atoms with E-state index in [1.54, 1.807) is 0 Å². The van der Waals surface area contributed by atoms with Crippen LogP contribution in [0.4, 0.5) is 13.2 Å². The summed E-state index contributed by atoms with van der Waals surface area (Å²) < 4.78 is 50.6. The molecule has 2 bridgehead atoms. The average molecular weight is 311 g/mol. The number of aromatic nitrogens is 1. The minimum Gasteiger partial charge on any atom is -0.492 e. The Balaban J connectivity index is 1.85. The SMILES string of the molecule is O=S(OOn1c(O)c2c(c1O)C1C=CC2C1)C(F)(F)F. The first-order valence-electron chi connectivity index (χ1n) is 5.49. The van der Waals surface area contributed by atoms with Gasteiger partial charge in [-0.05, 0) is 6.42 Å². The fourth-order valence-corrected chi connectivity index (χ4v) is 2.78. The number of nitrogens with zero attached hydrogens (tertiary/aromatic N) is 1. The molecule has 1 aromatic heterocycles. The number of rotatable bonds is 3. The normalized spacial score (nSPS) is 24.9. The van der Waals surface area contributed by atoms with Gasteiger partial charge in [0.25, 0.3) is 0 Å². The number of allylic oxidation sites excluding steroid dienone is 2. The van der Waals surface area contributed by atoms with Crippen molar-refractivity contribution >= 4 is 11.1 Å². The average Bonchev–Trinajstić information content (AvgIpc) is 3.01. The fraction of sp³-hybridized carbons (Fsp3) is 0.400. The molecule has 3 rings (SSSR count). The van der Waals surface area contributed by atoms with Gasteiger partial charge in [0.1, 0.15) is 0 Å². The molecule has 2 N–H and O–H groups in total. The summed E-state index contributed by atoms with van der Waals surface area (Å²) >= 11 is -3.72. The van der Waals surface area contributed by atoms with Gasteiger partial charge in [-0.25, -0.2) is 9.20 Å². The van der Waals surface area contributed by atoms with Crippen LogP contribution in [0.3, 0.4) is 0 Å². The summed E-state index contributed by atoms with van der Waals surface area (Å²) in [4.78, 5) is 4.15. The molecule has 0 amide bonds. The molecule has 110 valence electrons. The lowest BCUT2D eigenvalue weighted by Gasteiger charge is -2.09. The smallest absolute Gasteiger partial charge is 0.492 e. The highest BCUT2D eigenvalue weighted by atomic mass is 32.2. The zero-order chi connectivity index (χ0) is 14.7. The zero-order valence-electron chi connectivity index (χ0n) is 9.63. The van der Waals surface area contributed by atoms with Gasteiger partial charge in [-0.3, -0.25) is 0 Å². The zero-order valence-corrected chi connectivity index (χ0v) is 10.4. The topological polar surface area (TPSA) is 80.9 Å². The third kappa shape index (κ3) is 1.79. The van der Waals surface area contributed by atoms with Crippen LogP contribution in [-0.4, -0.2) is 24.7 Å². The second kappa shape index (κ2) is 4.16. The van der Waals surface area contributed by atoms with Crippen LogP contribution in [0.15, 0.2) is 12.2 Å². The Morgan fingerprint density at radius 3 is 2.15 bits per heavy atom. The molecule has 0 radical (unpaired) electrons.